The number of carbonyl (C=O) groups is 3. The fourth-order valence-corrected chi connectivity index (χ4v) is 8.07. The minimum atomic E-state index is -1.17. The number of piperazine rings is 1. The average molecular weight is 742 g/mol. The highest BCUT2D eigenvalue weighted by Gasteiger charge is 2.29. The first-order valence-electron chi connectivity index (χ1n) is 19.2. The van der Waals surface area contributed by atoms with Gasteiger partial charge >= 0.3 is 11.7 Å². The van der Waals surface area contributed by atoms with E-state index in [1.165, 1.54) is 34.8 Å². The van der Waals surface area contributed by atoms with E-state index in [-0.39, 0.29) is 41.8 Å². The molecule has 0 spiro atoms. The van der Waals surface area contributed by atoms with E-state index in [4.69, 9.17) is 11.1 Å². The van der Waals surface area contributed by atoms with Crippen molar-refractivity contribution < 1.29 is 19.5 Å². The van der Waals surface area contributed by atoms with Gasteiger partial charge in [-0.1, -0.05) is 30.7 Å². The summed E-state index contributed by atoms with van der Waals surface area (Å²) >= 11 is 0. The largest absolute Gasteiger partial charge is 0.477 e. The van der Waals surface area contributed by atoms with Crippen LogP contribution in [0.25, 0.3) is 11.0 Å². The lowest BCUT2D eigenvalue weighted by Crippen LogP contribution is -2.48. The van der Waals surface area contributed by atoms with Gasteiger partial charge in [0.2, 0.25) is 5.91 Å². The molecule has 2 atom stereocenters. The lowest BCUT2D eigenvalue weighted by Gasteiger charge is -2.38. The molecule has 1 aromatic heterocycles. The summed E-state index contributed by atoms with van der Waals surface area (Å²) in [6.07, 6.45) is 13.1. The number of carbonyl (C=O) groups excluding carboxylic acids is 2. The Kier molecular flexibility index (Phi) is 14.6. The molecule has 1 aromatic carbocycles. The van der Waals surface area contributed by atoms with Crippen molar-refractivity contribution in [3.05, 3.63) is 57.9 Å². The van der Waals surface area contributed by atoms with Crippen molar-refractivity contribution in [2.24, 2.45) is 35.5 Å². The fourth-order valence-electron chi connectivity index (χ4n) is 8.07. The van der Waals surface area contributed by atoms with E-state index < -0.39 is 12.0 Å². The number of rotatable bonds is 16. The van der Waals surface area contributed by atoms with Crippen LogP contribution in [0.5, 0.6) is 0 Å². The molecule has 1 amide bonds. The van der Waals surface area contributed by atoms with Crippen LogP contribution in [0.1, 0.15) is 69.4 Å². The second-order valence-corrected chi connectivity index (χ2v) is 14.7. The quantitative estimate of drug-likeness (QED) is 0.0745. The van der Waals surface area contributed by atoms with Crippen LogP contribution in [-0.2, 0) is 21.4 Å². The zero-order chi connectivity index (χ0) is 38.6. The number of para-hydroxylation sites is 1. The number of aliphatic imine (C=N–C) groups is 1. The molecule has 3 heterocycles. The number of aryl methyl sites for hydroxylation is 1. The van der Waals surface area contributed by atoms with Crippen molar-refractivity contribution in [2.45, 2.75) is 63.8 Å². The Hall–Kier alpha value is -4.84. The Morgan fingerprint density at radius 2 is 1.85 bits per heavy atom. The van der Waals surface area contributed by atoms with Crippen LogP contribution in [0, 0.1) is 35.0 Å². The van der Waals surface area contributed by atoms with Gasteiger partial charge in [-0.15, -0.1) is 0 Å². The van der Waals surface area contributed by atoms with Crippen molar-refractivity contribution in [1.82, 2.24) is 29.6 Å². The van der Waals surface area contributed by atoms with E-state index in [0.717, 1.165) is 75.8 Å². The molecule has 6 N–H and O–H groups in total. The van der Waals surface area contributed by atoms with Gasteiger partial charge in [-0.2, -0.15) is 0 Å². The number of carboxylic acids is 1. The predicted octanol–water partition coefficient (Wildman–Crippen LogP) is 2.63. The fraction of sp³-hybridized carbons (Fsp3) is 0.550. The van der Waals surface area contributed by atoms with Crippen LogP contribution >= 0.6 is 0 Å². The maximum absolute atomic E-state index is 13.2. The van der Waals surface area contributed by atoms with Gasteiger partial charge in [0.05, 0.1) is 29.2 Å². The standard InChI is InChI=1S/C40H55N9O5/c1-43-36(51)15-14-32(27-50)49-35-9-3-6-30(37(35)46(2)40(49)54)8-5-19-47-20-22-48(23-21-47)26-29-12-10-28(11-13-29)24-31(7-4-17-41)34-16-18-44-38(45-34)33(25-42)39(52)53/h3,6,9,16,18,25,27-29,31-32,42,44H,4,7,10-15,17,19-24,26,41H2,1-2H3,(H,43,51)(H,52,53)/b38-33-,42-25?. The zero-order valence-corrected chi connectivity index (χ0v) is 31.6. The maximum Gasteiger partial charge on any atom is 0.341 e. The molecular formula is C40H55N9O5. The Balaban J connectivity index is 1.11. The molecule has 1 saturated heterocycles. The molecular weight excluding hydrogens is 686 g/mol. The van der Waals surface area contributed by atoms with Crippen LogP contribution in [0.15, 0.2) is 51.7 Å². The normalized spacial score (nSPS) is 21.3. The van der Waals surface area contributed by atoms with E-state index in [0.29, 0.717) is 36.0 Å². The van der Waals surface area contributed by atoms with Crippen LogP contribution < -0.4 is 22.1 Å². The van der Waals surface area contributed by atoms with E-state index in [1.54, 1.807) is 20.3 Å². The number of nitrogens with zero attached hydrogens (tertiary/aromatic N) is 5. The molecule has 5 rings (SSSR count). The van der Waals surface area contributed by atoms with Crippen molar-refractivity contribution in [1.29, 1.82) is 5.41 Å². The summed E-state index contributed by atoms with van der Waals surface area (Å²) in [7, 11) is 3.24. The molecule has 2 aliphatic heterocycles. The van der Waals surface area contributed by atoms with Crippen LogP contribution in [0.2, 0.25) is 0 Å². The minimum Gasteiger partial charge on any atom is -0.477 e. The van der Waals surface area contributed by atoms with Gasteiger partial charge in [0.25, 0.3) is 0 Å². The molecule has 2 unspecified atom stereocenters. The van der Waals surface area contributed by atoms with Gasteiger partial charge in [-0.3, -0.25) is 18.8 Å². The summed E-state index contributed by atoms with van der Waals surface area (Å²) < 4.78 is 3.01. The lowest BCUT2D eigenvalue weighted by molar-refractivity contribution is -0.132. The summed E-state index contributed by atoms with van der Waals surface area (Å²) in [5.41, 5.74) is 8.33. The maximum atomic E-state index is 13.2. The number of fused-ring (bicyclic) bond motifs is 1. The van der Waals surface area contributed by atoms with E-state index in [1.807, 2.05) is 24.3 Å². The Morgan fingerprint density at radius 3 is 2.52 bits per heavy atom. The first kappa shape index (κ1) is 40.3. The van der Waals surface area contributed by atoms with Gasteiger partial charge < -0.3 is 36.6 Å². The molecule has 14 heteroatoms. The van der Waals surface area contributed by atoms with Crippen molar-refractivity contribution in [2.75, 3.05) is 52.9 Å². The second kappa shape index (κ2) is 19.5. The number of aliphatic carboxylic acids is 1. The van der Waals surface area contributed by atoms with Crippen molar-refractivity contribution in [3.63, 3.8) is 0 Å². The van der Waals surface area contributed by atoms with Gasteiger partial charge in [-0.05, 0) is 75.1 Å². The molecule has 2 fully saturated rings. The third-order valence-corrected chi connectivity index (χ3v) is 11.1. The highest BCUT2D eigenvalue weighted by molar-refractivity contribution is 6.09. The van der Waals surface area contributed by atoms with Gasteiger partial charge in [-0.25, -0.2) is 14.6 Å². The van der Waals surface area contributed by atoms with Crippen LogP contribution in [-0.4, -0.2) is 107 Å². The SMILES string of the molecule is CNC(=O)CCC(C=O)n1c(=O)n(C)c2c(C#CCN3CCN(CC4CCC(CC(CCCN)C5=N/C(=C(/C=N)C(=O)O)NC=C5)CC4)CC3)cccc21. The van der Waals surface area contributed by atoms with Gasteiger partial charge in [0.1, 0.15) is 17.7 Å². The third kappa shape index (κ3) is 10.0. The summed E-state index contributed by atoms with van der Waals surface area (Å²) in [6, 6.07) is 4.82. The highest BCUT2D eigenvalue weighted by Crippen LogP contribution is 2.35. The molecule has 0 bridgehead atoms. The number of imidazole rings is 1. The van der Waals surface area contributed by atoms with Crippen LogP contribution in [0.4, 0.5) is 0 Å². The summed E-state index contributed by atoms with van der Waals surface area (Å²) in [5, 5.41) is 22.4. The number of amides is 1. The summed E-state index contributed by atoms with van der Waals surface area (Å²) in [6.45, 7) is 6.23. The number of benzene rings is 1. The third-order valence-electron chi connectivity index (χ3n) is 11.1. The number of allylic oxidation sites excluding steroid dienone is 1. The van der Waals surface area contributed by atoms with Gasteiger partial charge in [0.15, 0.2) is 0 Å². The molecule has 2 aromatic rings. The molecule has 14 nitrogen and oxygen atoms in total. The molecule has 0 radical (unpaired) electrons. The number of hydrogen-bond donors (Lipinski definition) is 5. The Labute approximate surface area is 317 Å². The lowest BCUT2D eigenvalue weighted by atomic mass is 9.76. The van der Waals surface area contributed by atoms with Crippen molar-refractivity contribution >= 4 is 41.1 Å². The summed E-state index contributed by atoms with van der Waals surface area (Å²) in [5.74, 6) is 6.94. The molecule has 54 heavy (non-hydrogen) atoms. The van der Waals surface area contributed by atoms with Gasteiger partial charge in [0, 0.05) is 77.3 Å². The highest BCUT2D eigenvalue weighted by atomic mass is 16.4. The Morgan fingerprint density at radius 1 is 1.13 bits per heavy atom. The van der Waals surface area contributed by atoms with E-state index >= 15 is 0 Å². The summed E-state index contributed by atoms with van der Waals surface area (Å²) in [4.78, 5) is 58.2. The second-order valence-electron chi connectivity index (χ2n) is 14.7. The molecule has 290 valence electrons. The molecule has 3 aliphatic rings. The molecule has 1 aliphatic carbocycles. The number of carboxylic acid groups (broad SMARTS) is 1. The van der Waals surface area contributed by atoms with Crippen molar-refractivity contribution in [3.8, 4) is 11.8 Å². The topological polar surface area (TPSA) is 191 Å². The number of aromatic nitrogens is 2. The Bertz CT molecular complexity index is 1880. The number of aldehydes is 1. The number of nitrogens with two attached hydrogens (primary N) is 1. The number of hydrogen-bond acceptors (Lipinski definition) is 10. The average Bonchev–Trinajstić information content (AvgIpc) is 3.44. The monoisotopic (exact) mass is 741 g/mol. The van der Waals surface area contributed by atoms with Crippen LogP contribution in [0.3, 0.4) is 0 Å². The minimum absolute atomic E-state index is 0.147. The molecule has 1 saturated carbocycles. The number of nitrogens with one attached hydrogen (secondary N) is 3. The predicted molar refractivity (Wildman–Crippen MR) is 210 cm³/mol. The van der Waals surface area contributed by atoms with E-state index in [9.17, 15) is 24.3 Å². The smallest absolute Gasteiger partial charge is 0.341 e. The first-order valence-corrected chi connectivity index (χ1v) is 19.2. The van der Waals surface area contributed by atoms with E-state index in [2.05, 4.69) is 37.3 Å². The zero-order valence-electron chi connectivity index (χ0n) is 31.6. The first-order chi connectivity index (χ1) is 26.2.